The third kappa shape index (κ3) is 2.11. The molecule has 0 heterocycles. The summed E-state index contributed by atoms with van der Waals surface area (Å²) in [6.07, 6.45) is 0.242. The molecule has 68 valence electrons. The molecule has 1 aliphatic rings. The van der Waals surface area contributed by atoms with E-state index in [4.69, 9.17) is 0 Å². The predicted octanol–water partition coefficient (Wildman–Crippen LogP) is 0.0296. The monoisotopic (exact) mass is 172 g/mol. The van der Waals surface area contributed by atoms with Gasteiger partial charge in [0.15, 0.2) is 0 Å². The second kappa shape index (κ2) is 3.42. The van der Waals surface area contributed by atoms with Gasteiger partial charge in [-0.15, -0.1) is 0 Å². The summed E-state index contributed by atoms with van der Waals surface area (Å²) in [4.78, 5) is 21.5. The number of nitrogens with one attached hydrogen (secondary N) is 2. The molecule has 12 heavy (non-hydrogen) atoms. The Morgan fingerprint density at radius 1 is 1.42 bits per heavy atom. The van der Waals surface area contributed by atoms with Crippen LogP contribution >= 0.6 is 0 Å². The fourth-order valence-electron chi connectivity index (χ4n) is 0.944. The number of ether oxygens (including phenoxy) is 1. The van der Waals surface area contributed by atoms with Gasteiger partial charge in [-0.3, -0.25) is 10.2 Å². The van der Waals surface area contributed by atoms with Crippen molar-refractivity contribution in [3.8, 4) is 0 Å². The third-order valence-corrected chi connectivity index (χ3v) is 1.92. The van der Waals surface area contributed by atoms with Gasteiger partial charge in [-0.05, 0) is 12.3 Å². The number of hydrogen-bond acceptors (Lipinski definition) is 3. The van der Waals surface area contributed by atoms with Crippen molar-refractivity contribution in [3.63, 3.8) is 0 Å². The first-order valence-electron chi connectivity index (χ1n) is 3.79. The Bertz CT molecular complexity index is 205. The first kappa shape index (κ1) is 8.83. The summed E-state index contributed by atoms with van der Waals surface area (Å²) in [6.45, 7) is 1.99. The van der Waals surface area contributed by atoms with Gasteiger partial charge in [0.1, 0.15) is 0 Å². The molecule has 0 bridgehead atoms. The molecule has 1 fully saturated rings. The zero-order valence-electron chi connectivity index (χ0n) is 7.09. The molecule has 0 radical (unpaired) electrons. The molecule has 0 aromatic heterocycles. The van der Waals surface area contributed by atoms with E-state index in [2.05, 4.69) is 15.6 Å². The van der Waals surface area contributed by atoms with Gasteiger partial charge in [0.05, 0.1) is 7.11 Å². The van der Waals surface area contributed by atoms with Crippen LogP contribution < -0.4 is 10.9 Å². The van der Waals surface area contributed by atoms with Crippen molar-refractivity contribution < 1.29 is 14.3 Å². The largest absolute Gasteiger partial charge is 0.452 e. The zero-order valence-corrected chi connectivity index (χ0v) is 7.09. The number of carbonyl (C=O) groups excluding carboxylic acids is 2. The van der Waals surface area contributed by atoms with Crippen LogP contribution in [0.25, 0.3) is 0 Å². The van der Waals surface area contributed by atoms with Gasteiger partial charge in [0.2, 0.25) is 5.91 Å². The van der Waals surface area contributed by atoms with Crippen LogP contribution in [0.1, 0.15) is 13.3 Å². The van der Waals surface area contributed by atoms with E-state index in [0.29, 0.717) is 5.92 Å². The molecule has 0 saturated heterocycles. The Labute approximate surface area is 70.4 Å². The van der Waals surface area contributed by atoms with Crippen LogP contribution in [0, 0.1) is 11.8 Å². The van der Waals surface area contributed by atoms with E-state index < -0.39 is 6.09 Å². The van der Waals surface area contributed by atoms with Crippen LogP contribution in [-0.4, -0.2) is 19.1 Å². The lowest BCUT2D eigenvalue weighted by molar-refractivity contribution is -0.123. The minimum absolute atomic E-state index is 0.0576. The third-order valence-electron chi connectivity index (χ3n) is 1.92. The Balaban J connectivity index is 2.15. The van der Waals surface area contributed by atoms with Gasteiger partial charge in [-0.1, -0.05) is 6.92 Å². The van der Waals surface area contributed by atoms with E-state index in [1.165, 1.54) is 7.11 Å². The van der Waals surface area contributed by atoms with Gasteiger partial charge in [-0.25, -0.2) is 10.2 Å². The van der Waals surface area contributed by atoms with Gasteiger partial charge in [0, 0.05) is 5.92 Å². The maximum atomic E-state index is 11.1. The molecule has 0 aromatic rings. The lowest BCUT2D eigenvalue weighted by atomic mass is 10.3. The Hall–Kier alpha value is -1.26. The molecular weight excluding hydrogens is 160 g/mol. The zero-order chi connectivity index (χ0) is 9.14. The molecule has 2 unspecified atom stereocenters. The summed E-state index contributed by atoms with van der Waals surface area (Å²) in [7, 11) is 1.24. The van der Waals surface area contributed by atoms with Crippen molar-refractivity contribution in [1.82, 2.24) is 10.9 Å². The lowest BCUT2D eigenvalue weighted by Gasteiger charge is -2.04. The molecule has 0 spiro atoms. The Kier molecular flexibility index (Phi) is 2.52. The number of hydrazine groups is 1. The number of rotatable bonds is 1. The van der Waals surface area contributed by atoms with E-state index in [1.54, 1.807) is 0 Å². The minimum Gasteiger partial charge on any atom is -0.452 e. The van der Waals surface area contributed by atoms with Crippen LogP contribution in [0.15, 0.2) is 0 Å². The molecule has 5 heteroatoms. The average molecular weight is 172 g/mol. The van der Waals surface area contributed by atoms with Crippen LogP contribution in [0.2, 0.25) is 0 Å². The van der Waals surface area contributed by atoms with E-state index in [9.17, 15) is 9.59 Å². The molecule has 2 N–H and O–H groups in total. The number of hydrogen-bond donors (Lipinski definition) is 2. The van der Waals surface area contributed by atoms with Crippen LogP contribution in [0.3, 0.4) is 0 Å². The van der Waals surface area contributed by atoms with Crippen molar-refractivity contribution in [2.24, 2.45) is 11.8 Å². The van der Waals surface area contributed by atoms with Crippen molar-refractivity contribution in [1.29, 1.82) is 0 Å². The number of carbonyl (C=O) groups is 2. The smallest absolute Gasteiger partial charge is 0.425 e. The molecule has 1 saturated carbocycles. The maximum Gasteiger partial charge on any atom is 0.425 e. The second-order valence-electron chi connectivity index (χ2n) is 2.93. The fourth-order valence-corrected chi connectivity index (χ4v) is 0.944. The summed E-state index contributed by atoms with van der Waals surface area (Å²) in [5.41, 5.74) is 4.38. The summed E-state index contributed by atoms with van der Waals surface area (Å²) in [5, 5.41) is 0. The van der Waals surface area contributed by atoms with Crippen molar-refractivity contribution in [2.75, 3.05) is 7.11 Å². The van der Waals surface area contributed by atoms with E-state index in [1.807, 2.05) is 6.92 Å². The second-order valence-corrected chi connectivity index (χ2v) is 2.93. The first-order valence-corrected chi connectivity index (χ1v) is 3.79. The summed E-state index contributed by atoms with van der Waals surface area (Å²) < 4.78 is 4.26. The predicted molar refractivity (Wildman–Crippen MR) is 41.0 cm³/mol. The highest BCUT2D eigenvalue weighted by molar-refractivity contribution is 5.83. The SMILES string of the molecule is COC(=O)NNC(=O)C1CC1C. The minimum atomic E-state index is -0.656. The van der Waals surface area contributed by atoms with Gasteiger partial charge in [0.25, 0.3) is 0 Å². The van der Waals surface area contributed by atoms with Crippen molar-refractivity contribution in [2.45, 2.75) is 13.3 Å². The van der Waals surface area contributed by atoms with Crippen LogP contribution in [0.4, 0.5) is 4.79 Å². The summed E-state index contributed by atoms with van der Waals surface area (Å²) in [5.74, 6) is 0.347. The van der Waals surface area contributed by atoms with Crippen molar-refractivity contribution >= 4 is 12.0 Å². The highest BCUT2D eigenvalue weighted by atomic mass is 16.5. The van der Waals surface area contributed by atoms with Gasteiger partial charge < -0.3 is 4.74 Å². The molecule has 0 aliphatic heterocycles. The first-order chi connectivity index (χ1) is 5.65. The normalized spacial score (nSPS) is 25.8. The van der Waals surface area contributed by atoms with E-state index >= 15 is 0 Å². The fraction of sp³-hybridized carbons (Fsp3) is 0.714. The summed E-state index contributed by atoms with van der Waals surface area (Å²) in [6, 6.07) is 0. The van der Waals surface area contributed by atoms with Crippen LogP contribution in [0.5, 0.6) is 0 Å². The molecular formula is C7H12N2O3. The quantitative estimate of drug-likeness (QED) is 0.548. The topological polar surface area (TPSA) is 67.4 Å². The number of methoxy groups -OCH3 is 1. The Morgan fingerprint density at radius 3 is 2.42 bits per heavy atom. The standard InChI is InChI=1S/C7H12N2O3/c1-4-3-5(4)6(10)8-9-7(11)12-2/h4-5H,3H2,1-2H3,(H,8,10)(H,9,11). The molecule has 0 aromatic carbocycles. The molecule has 1 aliphatic carbocycles. The highest BCUT2D eigenvalue weighted by Gasteiger charge is 2.39. The van der Waals surface area contributed by atoms with E-state index in [-0.39, 0.29) is 11.8 Å². The lowest BCUT2D eigenvalue weighted by Crippen LogP contribution is -2.42. The summed E-state index contributed by atoms with van der Waals surface area (Å²) >= 11 is 0. The molecule has 1 rings (SSSR count). The van der Waals surface area contributed by atoms with Crippen molar-refractivity contribution in [3.05, 3.63) is 0 Å². The molecule has 2 amide bonds. The van der Waals surface area contributed by atoms with Gasteiger partial charge >= 0.3 is 6.09 Å². The van der Waals surface area contributed by atoms with Gasteiger partial charge in [-0.2, -0.15) is 0 Å². The van der Waals surface area contributed by atoms with E-state index in [0.717, 1.165) is 6.42 Å². The maximum absolute atomic E-state index is 11.1. The highest BCUT2D eigenvalue weighted by Crippen LogP contribution is 2.37. The van der Waals surface area contributed by atoms with Crippen LogP contribution in [-0.2, 0) is 9.53 Å². The molecule has 5 nitrogen and oxygen atoms in total. The average Bonchev–Trinajstić information content (AvgIpc) is 2.77. The molecule has 2 atom stereocenters. The Morgan fingerprint density at radius 2 is 2.00 bits per heavy atom. The number of amides is 2.